The predicted octanol–water partition coefficient (Wildman–Crippen LogP) is 4.40. The summed E-state index contributed by atoms with van der Waals surface area (Å²) in [6.45, 7) is 2.93. The molecule has 1 aromatic heterocycles. The molecule has 4 heteroatoms. The number of halogens is 1. The van der Waals surface area contributed by atoms with E-state index >= 15 is 0 Å². The van der Waals surface area contributed by atoms with Gasteiger partial charge in [0.25, 0.3) is 0 Å². The van der Waals surface area contributed by atoms with Crippen LogP contribution in [0, 0.1) is 0 Å². The first-order chi connectivity index (χ1) is 10.2. The van der Waals surface area contributed by atoms with E-state index in [-0.39, 0.29) is 0 Å². The molecule has 0 fully saturated rings. The van der Waals surface area contributed by atoms with E-state index in [4.69, 9.17) is 11.6 Å². The van der Waals surface area contributed by atoms with Crippen molar-refractivity contribution in [1.82, 2.24) is 9.78 Å². The van der Waals surface area contributed by atoms with Crippen LogP contribution in [0.5, 0.6) is 0 Å². The first-order valence-corrected chi connectivity index (χ1v) is 7.49. The van der Waals surface area contributed by atoms with Gasteiger partial charge in [0.15, 0.2) is 0 Å². The quantitative estimate of drug-likeness (QED) is 0.774. The maximum atomic E-state index is 5.89. The van der Waals surface area contributed by atoms with Gasteiger partial charge >= 0.3 is 0 Å². The number of nitrogens with one attached hydrogen (secondary N) is 1. The molecular weight excluding hydrogens is 282 g/mol. The molecule has 0 aliphatic heterocycles. The number of rotatable bonds is 4. The third kappa shape index (κ3) is 2.88. The van der Waals surface area contributed by atoms with Crippen LogP contribution >= 0.6 is 11.6 Å². The predicted molar refractivity (Wildman–Crippen MR) is 88.9 cm³/mol. The first kappa shape index (κ1) is 14.0. The zero-order chi connectivity index (χ0) is 14.8. The molecular formula is C17H18ClN3. The molecule has 3 aromatic rings. The van der Waals surface area contributed by atoms with Crippen molar-refractivity contribution >= 4 is 28.2 Å². The smallest absolute Gasteiger partial charge is 0.0946 e. The topological polar surface area (TPSA) is 29.9 Å². The lowest BCUT2D eigenvalue weighted by molar-refractivity contribution is 0.728. The summed E-state index contributed by atoms with van der Waals surface area (Å²) in [5, 5.41) is 10.00. The maximum absolute atomic E-state index is 5.89. The van der Waals surface area contributed by atoms with Crippen molar-refractivity contribution in [3.8, 4) is 0 Å². The largest absolute Gasteiger partial charge is 0.381 e. The van der Waals surface area contributed by atoms with Crippen LogP contribution in [0.3, 0.4) is 0 Å². The zero-order valence-electron chi connectivity index (χ0n) is 12.2. The van der Waals surface area contributed by atoms with Crippen molar-refractivity contribution in [2.45, 2.75) is 19.9 Å². The van der Waals surface area contributed by atoms with E-state index in [0.29, 0.717) is 0 Å². The summed E-state index contributed by atoms with van der Waals surface area (Å²) in [6, 6.07) is 14.2. The highest BCUT2D eigenvalue weighted by Crippen LogP contribution is 2.22. The highest BCUT2D eigenvalue weighted by Gasteiger charge is 2.07. The van der Waals surface area contributed by atoms with E-state index in [1.54, 1.807) is 0 Å². The molecule has 108 valence electrons. The number of hydrogen-bond acceptors (Lipinski definition) is 2. The Balaban J connectivity index is 1.80. The highest BCUT2D eigenvalue weighted by atomic mass is 35.5. The summed E-state index contributed by atoms with van der Waals surface area (Å²) in [4.78, 5) is 0. The van der Waals surface area contributed by atoms with Gasteiger partial charge in [-0.25, -0.2) is 0 Å². The van der Waals surface area contributed by atoms with Gasteiger partial charge in [0.1, 0.15) is 0 Å². The van der Waals surface area contributed by atoms with Gasteiger partial charge in [0, 0.05) is 35.4 Å². The molecule has 0 aliphatic rings. The second-order valence-electron chi connectivity index (χ2n) is 5.14. The van der Waals surface area contributed by atoms with Gasteiger partial charge in [-0.1, -0.05) is 30.7 Å². The van der Waals surface area contributed by atoms with Crippen LogP contribution in [0.1, 0.15) is 18.2 Å². The summed E-state index contributed by atoms with van der Waals surface area (Å²) in [5.74, 6) is 0. The van der Waals surface area contributed by atoms with Crippen LogP contribution < -0.4 is 5.32 Å². The SMILES string of the molecule is CCc1c2ccc(NCc3ccc(Cl)cc3)cc2nn1C. The third-order valence-electron chi connectivity index (χ3n) is 3.70. The molecule has 21 heavy (non-hydrogen) atoms. The first-order valence-electron chi connectivity index (χ1n) is 7.11. The molecule has 1 N–H and O–H groups in total. The Hall–Kier alpha value is -2.00. The number of aryl methyl sites for hydroxylation is 2. The fourth-order valence-corrected chi connectivity index (χ4v) is 2.72. The van der Waals surface area contributed by atoms with Crippen LogP contribution in [0.2, 0.25) is 5.02 Å². The van der Waals surface area contributed by atoms with Crippen molar-refractivity contribution in [3.05, 3.63) is 58.7 Å². The molecule has 3 nitrogen and oxygen atoms in total. The van der Waals surface area contributed by atoms with Crippen molar-refractivity contribution < 1.29 is 0 Å². The minimum absolute atomic E-state index is 0.765. The van der Waals surface area contributed by atoms with Gasteiger partial charge in [-0.2, -0.15) is 5.10 Å². The van der Waals surface area contributed by atoms with Gasteiger partial charge in [-0.3, -0.25) is 4.68 Å². The number of hydrogen-bond donors (Lipinski definition) is 1. The van der Waals surface area contributed by atoms with Crippen LogP contribution in [0.15, 0.2) is 42.5 Å². The Bertz CT molecular complexity index is 760. The lowest BCUT2D eigenvalue weighted by Crippen LogP contribution is -1.98. The molecule has 2 aromatic carbocycles. The fourth-order valence-electron chi connectivity index (χ4n) is 2.59. The second-order valence-corrected chi connectivity index (χ2v) is 5.57. The van der Waals surface area contributed by atoms with Gasteiger partial charge in [-0.15, -0.1) is 0 Å². The molecule has 0 spiro atoms. The van der Waals surface area contributed by atoms with Crippen LogP contribution in [-0.2, 0) is 20.0 Å². The molecule has 0 bridgehead atoms. The number of benzene rings is 2. The summed E-state index contributed by atoms with van der Waals surface area (Å²) in [6.07, 6.45) is 0.991. The monoisotopic (exact) mass is 299 g/mol. The number of aromatic nitrogens is 2. The van der Waals surface area contributed by atoms with E-state index in [2.05, 4.69) is 35.5 Å². The standard InChI is InChI=1S/C17H18ClN3/c1-3-17-15-9-8-14(10-16(15)20-21(17)2)19-11-12-4-6-13(18)7-5-12/h4-10,19H,3,11H2,1-2H3. The summed E-state index contributed by atoms with van der Waals surface area (Å²) in [5.41, 5.74) is 4.60. The van der Waals surface area contributed by atoms with E-state index in [1.165, 1.54) is 16.6 Å². The molecule has 0 amide bonds. The van der Waals surface area contributed by atoms with Crippen LogP contribution in [0.25, 0.3) is 10.9 Å². The maximum Gasteiger partial charge on any atom is 0.0946 e. The molecule has 0 saturated carbocycles. The Kier molecular flexibility index (Phi) is 3.84. The molecule has 0 radical (unpaired) electrons. The van der Waals surface area contributed by atoms with E-state index < -0.39 is 0 Å². The average molecular weight is 300 g/mol. The molecule has 1 heterocycles. The highest BCUT2D eigenvalue weighted by molar-refractivity contribution is 6.30. The van der Waals surface area contributed by atoms with Crippen LogP contribution in [0.4, 0.5) is 5.69 Å². The fraction of sp³-hybridized carbons (Fsp3) is 0.235. The normalized spacial score (nSPS) is 11.0. The molecule has 0 unspecified atom stereocenters. The Morgan fingerprint density at radius 1 is 1.14 bits per heavy atom. The van der Waals surface area contributed by atoms with Gasteiger partial charge < -0.3 is 5.32 Å². The number of nitrogens with zero attached hydrogens (tertiary/aromatic N) is 2. The second kappa shape index (κ2) is 5.78. The van der Waals surface area contributed by atoms with Crippen molar-refractivity contribution in [1.29, 1.82) is 0 Å². The Morgan fingerprint density at radius 2 is 1.90 bits per heavy atom. The van der Waals surface area contributed by atoms with Crippen molar-refractivity contribution in [2.24, 2.45) is 7.05 Å². The summed E-state index contributed by atoms with van der Waals surface area (Å²) >= 11 is 5.89. The lowest BCUT2D eigenvalue weighted by Gasteiger charge is -2.06. The van der Waals surface area contributed by atoms with Crippen LogP contribution in [-0.4, -0.2) is 9.78 Å². The Labute approximate surface area is 129 Å². The molecule has 0 aliphatic carbocycles. The van der Waals surface area contributed by atoms with Gasteiger partial charge in [-0.05, 0) is 42.3 Å². The average Bonchev–Trinajstić information content (AvgIpc) is 2.81. The minimum atomic E-state index is 0.765. The number of anilines is 1. The van der Waals surface area contributed by atoms with Gasteiger partial charge in [0.2, 0.25) is 0 Å². The lowest BCUT2D eigenvalue weighted by atomic mass is 10.1. The molecule has 0 saturated heterocycles. The summed E-state index contributed by atoms with van der Waals surface area (Å²) < 4.78 is 1.97. The number of fused-ring (bicyclic) bond motifs is 1. The van der Waals surface area contributed by atoms with E-state index in [0.717, 1.165) is 29.2 Å². The zero-order valence-corrected chi connectivity index (χ0v) is 13.0. The summed E-state index contributed by atoms with van der Waals surface area (Å²) in [7, 11) is 2.00. The minimum Gasteiger partial charge on any atom is -0.381 e. The van der Waals surface area contributed by atoms with E-state index in [9.17, 15) is 0 Å². The molecule has 3 rings (SSSR count). The van der Waals surface area contributed by atoms with Crippen molar-refractivity contribution in [2.75, 3.05) is 5.32 Å². The molecule has 0 atom stereocenters. The Morgan fingerprint density at radius 3 is 2.62 bits per heavy atom. The third-order valence-corrected chi connectivity index (χ3v) is 3.95. The van der Waals surface area contributed by atoms with Gasteiger partial charge in [0.05, 0.1) is 5.52 Å². The van der Waals surface area contributed by atoms with Crippen molar-refractivity contribution in [3.63, 3.8) is 0 Å². The van der Waals surface area contributed by atoms with E-state index in [1.807, 2.05) is 36.0 Å².